The predicted molar refractivity (Wildman–Crippen MR) is 169 cm³/mol. The number of halogens is 2. The van der Waals surface area contributed by atoms with Gasteiger partial charge in [-0.3, -0.25) is 4.90 Å². The van der Waals surface area contributed by atoms with Gasteiger partial charge in [0.05, 0.1) is 11.1 Å². The first-order chi connectivity index (χ1) is 21.4. The summed E-state index contributed by atoms with van der Waals surface area (Å²) < 4.78 is 35.8. The number of rotatable bonds is 6. The molecule has 230 valence electrons. The average molecular weight is 600 g/mol. The summed E-state index contributed by atoms with van der Waals surface area (Å²) in [5.74, 6) is 1.30. The Balaban J connectivity index is 1.23. The van der Waals surface area contributed by atoms with Gasteiger partial charge in [0.15, 0.2) is 0 Å². The van der Waals surface area contributed by atoms with Crippen LogP contribution < -0.4 is 15.0 Å². The smallest absolute Gasteiger partial charge is 0.319 e. The molecule has 44 heavy (non-hydrogen) atoms. The third-order valence-electron chi connectivity index (χ3n) is 10.6. The van der Waals surface area contributed by atoms with Gasteiger partial charge >= 0.3 is 6.01 Å². The van der Waals surface area contributed by atoms with Gasteiger partial charge in [-0.15, -0.1) is 0 Å². The van der Waals surface area contributed by atoms with E-state index in [4.69, 9.17) is 14.7 Å². The Bertz CT molecular complexity index is 1740. The summed E-state index contributed by atoms with van der Waals surface area (Å²) in [7, 11) is 0. The van der Waals surface area contributed by atoms with E-state index in [0.717, 1.165) is 77.6 Å². The number of phenolic OH excluding ortho intramolecular Hbond substituents is 1. The Morgan fingerprint density at radius 1 is 1.09 bits per heavy atom. The Morgan fingerprint density at radius 2 is 2.00 bits per heavy atom. The summed E-state index contributed by atoms with van der Waals surface area (Å²) in [4.78, 5) is 14.5. The number of benzene rings is 3. The first kappa shape index (κ1) is 28.0. The summed E-state index contributed by atoms with van der Waals surface area (Å²) in [5.41, 5.74) is 2.65. The average Bonchev–Trinajstić information content (AvgIpc) is 3.71. The van der Waals surface area contributed by atoms with E-state index in [1.54, 1.807) is 18.2 Å². The second-order valence-corrected chi connectivity index (χ2v) is 13.3. The lowest BCUT2D eigenvalue weighted by molar-refractivity contribution is 0.107. The van der Waals surface area contributed by atoms with Crippen molar-refractivity contribution in [3.63, 3.8) is 0 Å². The number of aromatic hydroxyl groups is 1. The van der Waals surface area contributed by atoms with Gasteiger partial charge in [0.2, 0.25) is 0 Å². The quantitative estimate of drug-likeness (QED) is 0.282. The first-order valence-corrected chi connectivity index (χ1v) is 16.2. The number of nitrogens with one attached hydrogen (secondary N) is 1. The number of hydrogen-bond donors (Lipinski definition) is 2. The summed E-state index contributed by atoms with van der Waals surface area (Å²) in [5, 5.41) is 16.8. The maximum Gasteiger partial charge on any atom is 0.319 e. The van der Waals surface area contributed by atoms with Crippen molar-refractivity contribution >= 4 is 27.5 Å². The Kier molecular flexibility index (Phi) is 6.86. The molecule has 0 bridgehead atoms. The van der Waals surface area contributed by atoms with E-state index in [2.05, 4.69) is 15.1 Å². The van der Waals surface area contributed by atoms with E-state index in [1.807, 2.05) is 25.1 Å². The number of aryl methyl sites for hydroxylation is 1. The van der Waals surface area contributed by atoms with Crippen molar-refractivity contribution in [1.29, 1.82) is 0 Å². The Labute approximate surface area is 256 Å². The fourth-order valence-electron chi connectivity index (χ4n) is 8.51. The van der Waals surface area contributed by atoms with Crippen molar-refractivity contribution in [1.82, 2.24) is 20.2 Å². The first-order valence-electron chi connectivity index (χ1n) is 16.2. The van der Waals surface area contributed by atoms with Crippen LogP contribution in [0.1, 0.15) is 44.6 Å². The number of ether oxygens (including phenoxy) is 1. The number of hydrogen-bond acceptors (Lipinski definition) is 7. The van der Waals surface area contributed by atoms with Crippen LogP contribution in [0.15, 0.2) is 42.5 Å². The lowest BCUT2D eigenvalue weighted by Crippen LogP contribution is -2.43. The molecule has 0 unspecified atom stereocenters. The minimum Gasteiger partial charge on any atom is -0.508 e. The molecule has 4 aliphatic rings. The third kappa shape index (κ3) is 4.67. The molecule has 4 atom stereocenters. The molecule has 4 saturated heterocycles. The Hall–Kier alpha value is -3.56. The molecule has 0 radical (unpaired) electrons. The van der Waals surface area contributed by atoms with Crippen LogP contribution in [-0.2, 0) is 6.42 Å². The molecule has 0 spiro atoms. The predicted octanol–water partition coefficient (Wildman–Crippen LogP) is 6.00. The minimum absolute atomic E-state index is 0.129. The zero-order valence-electron chi connectivity index (χ0n) is 25.2. The summed E-state index contributed by atoms with van der Waals surface area (Å²) in [6.45, 7) is 6.51. The summed E-state index contributed by atoms with van der Waals surface area (Å²) in [6, 6.07) is 13.4. The van der Waals surface area contributed by atoms with Crippen molar-refractivity contribution in [3.8, 4) is 22.9 Å². The lowest BCUT2D eigenvalue weighted by Gasteiger charge is -2.31. The fourth-order valence-corrected chi connectivity index (χ4v) is 8.51. The van der Waals surface area contributed by atoms with Crippen molar-refractivity contribution in [3.05, 3.63) is 53.8 Å². The van der Waals surface area contributed by atoms with Crippen LogP contribution in [0.4, 0.5) is 14.6 Å². The molecule has 7 nitrogen and oxygen atoms in total. The molecule has 0 aliphatic carbocycles. The highest BCUT2D eigenvalue weighted by Crippen LogP contribution is 2.42. The molecular formula is C35H39F2N5O2. The largest absolute Gasteiger partial charge is 0.508 e. The van der Waals surface area contributed by atoms with Crippen molar-refractivity contribution < 1.29 is 18.6 Å². The van der Waals surface area contributed by atoms with Crippen LogP contribution in [0.2, 0.25) is 0 Å². The van der Waals surface area contributed by atoms with Crippen LogP contribution in [0.25, 0.3) is 32.8 Å². The molecule has 0 saturated carbocycles. The van der Waals surface area contributed by atoms with E-state index in [-0.39, 0.29) is 17.1 Å². The summed E-state index contributed by atoms with van der Waals surface area (Å²) >= 11 is 0. The molecule has 4 fully saturated rings. The lowest BCUT2D eigenvalue weighted by atomic mass is 9.92. The van der Waals surface area contributed by atoms with Gasteiger partial charge in [-0.2, -0.15) is 9.97 Å². The molecular weight excluding hydrogens is 560 g/mol. The van der Waals surface area contributed by atoms with Crippen LogP contribution in [-0.4, -0.2) is 77.1 Å². The monoisotopic (exact) mass is 599 g/mol. The van der Waals surface area contributed by atoms with E-state index >= 15 is 0 Å². The molecule has 8 rings (SSSR count). The number of aromatic nitrogens is 2. The Morgan fingerprint density at radius 3 is 2.86 bits per heavy atom. The van der Waals surface area contributed by atoms with Crippen molar-refractivity contribution in [2.45, 2.75) is 63.2 Å². The molecule has 9 heteroatoms. The van der Waals surface area contributed by atoms with Gasteiger partial charge in [0.1, 0.15) is 30.2 Å². The highest BCUT2D eigenvalue weighted by molar-refractivity contribution is 6.02. The third-order valence-corrected chi connectivity index (χ3v) is 10.6. The van der Waals surface area contributed by atoms with Gasteiger partial charge in [-0.1, -0.05) is 19.1 Å². The number of nitrogens with zero attached hydrogens (tertiary/aromatic N) is 4. The molecule has 5 heterocycles. The second-order valence-electron chi connectivity index (χ2n) is 13.3. The van der Waals surface area contributed by atoms with Crippen molar-refractivity contribution in [2.75, 3.05) is 44.2 Å². The number of anilines is 1. The van der Waals surface area contributed by atoms with Gasteiger partial charge in [0.25, 0.3) is 0 Å². The van der Waals surface area contributed by atoms with E-state index in [1.165, 1.54) is 18.9 Å². The standard InChI is InChI=1S/C35H39F2N5O2/c1-2-26-29(37)9-7-22-13-25(43)15-28(32(22)26)21-6-8-27-30(14-21)39-34(44-20-35-10-4-12-42(35)18-24(36)16-35)40-33(27)41-17-23-5-3-11-38-31(23)19-41/h6-9,13-15,23-24,31,38,43H,2-5,10-12,16-20H2,1H3/t23-,24-,31+,35+/m1/s1. The van der Waals surface area contributed by atoms with Gasteiger partial charge in [-0.25, -0.2) is 8.78 Å². The van der Waals surface area contributed by atoms with E-state index in [0.29, 0.717) is 49.5 Å². The molecule has 2 N–H and O–H groups in total. The number of fused-ring (bicyclic) bond motifs is 4. The van der Waals surface area contributed by atoms with Gasteiger partial charge < -0.3 is 20.1 Å². The SMILES string of the molecule is CCc1c(F)ccc2cc(O)cc(-c3ccc4c(N5C[C@H]6CCCN[C@H]6C5)nc(OC[C@@]56CCCN5C[C@H](F)C6)nc4c3)c12. The summed E-state index contributed by atoms with van der Waals surface area (Å²) in [6.07, 6.45) is 4.54. The topological polar surface area (TPSA) is 73.8 Å². The number of phenols is 1. The molecule has 4 aliphatic heterocycles. The highest BCUT2D eigenvalue weighted by atomic mass is 19.1. The molecule has 4 aromatic rings. The van der Waals surface area contributed by atoms with Crippen LogP contribution >= 0.6 is 0 Å². The van der Waals surface area contributed by atoms with Crippen LogP contribution in [0.5, 0.6) is 11.8 Å². The molecule has 1 aromatic heterocycles. The zero-order valence-corrected chi connectivity index (χ0v) is 25.2. The number of piperidine rings is 1. The van der Waals surface area contributed by atoms with Gasteiger partial charge in [0, 0.05) is 37.5 Å². The van der Waals surface area contributed by atoms with E-state index < -0.39 is 6.17 Å². The minimum atomic E-state index is -0.829. The van der Waals surface area contributed by atoms with Crippen LogP contribution in [0, 0.1) is 11.7 Å². The van der Waals surface area contributed by atoms with E-state index in [9.17, 15) is 13.9 Å². The van der Waals surface area contributed by atoms with Crippen molar-refractivity contribution in [2.24, 2.45) is 5.92 Å². The van der Waals surface area contributed by atoms with Gasteiger partial charge in [-0.05, 0) is 109 Å². The fraction of sp³-hybridized carbons (Fsp3) is 0.486. The maximum absolute atomic E-state index is 15.0. The maximum atomic E-state index is 15.0. The van der Waals surface area contributed by atoms with Crippen LogP contribution in [0.3, 0.4) is 0 Å². The molecule has 3 aromatic carbocycles. The highest BCUT2D eigenvalue weighted by Gasteiger charge is 2.49. The normalized spacial score (nSPS) is 26.9. The second kappa shape index (κ2) is 10.8. The zero-order chi connectivity index (χ0) is 30.0. The number of alkyl halides is 1. The molecule has 0 amide bonds.